The summed E-state index contributed by atoms with van der Waals surface area (Å²) in [6.07, 6.45) is 8.07. The van der Waals surface area contributed by atoms with E-state index < -0.39 is 0 Å². The molecule has 3 nitrogen and oxygen atoms in total. The van der Waals surface area contributed by atoms with Gasteiger partial charge < -0.3 is 15.3 Å². The molecular weight excluding hydrogens is 480 g/mol. The Morgan fingerprint density at radius 3 is 2.05 bits per heavy atom. The summed E-state index contributed by atoms with van der Waals surface area (Å²) in [5.74, 6) is 2.80. The van der Waals surface area contributed by atoms with Gasteiger partial charge in [0.2, 0.25) is 0 Å². The Morgan fingerprint density at radius 1 is 0.769 bits per heavy atom. The molecule has 2 aromatic carbocycles. The lowest BCUT2D eigenvalue weighted by Crippen LogP contribution is -2.62. The Balaban J connectivity index is 1.21. The van der Waals surface area contributed by atoms with Crippen molar-refractivity contribution in [2.75, 3.05) is 0 Å². The lowest BCUT2D eigenvalue weighted by atomic mass is 9.43. The zero-order valence-corrected chi connectivity index (χ0v) is 24.3. The Hall–Kier alpha value is -1.68. The van der Waals surface area contributed by atoms with Crippen molar-refractivity contribution in [1.82, 2.24) is 0 Å². The highest BCUT2D eigenvalue weighted by Gasteiger charge is 2.65. The molecule has 0 radical (unpaired) electrons. The molecular formula is C36H50O3. The van der Waals surface area contributed by atoms with Crippen molar-refractivity contribution in [3.63, 3.8) is 0 Å². The van der Waals surface area contributed by atoms with Crippen LogP contribution in [0.5, 0.6) is 0 Å². The minimum Gasteiger partial charge on any atom is -0.393 e. The fourth-order valence-electron chi connectivity index (χ4n) is 10.7. The normalized spacial score (nSPS) is 42.4. The van der Waals surface area contributed by atoms with Gasteiger partial charge in [0.1, 0.15) is 0 Å². The Labute approximate surface area is 236 Å². The third-order valence-corrected chi connectivity index (χ3v) is 12.8. The van der Waals surface area contributed by atoms with E-state index in [4.69, 9.17) is 0 Å². The molecule has 212 valence electrons. The van der Waals surface area contributed by atoms with Crippen LogP contribution in [0.4, 0.5) is 0 Å². The van der Waals surface area contributed by atoms with Gasteiger partial charge >= 0.3 is 0 Å². The van der Waals surface area contributed by atoms with Crippen molar-refractivity contribution >= 4 is 0 Å². The molecule has 0 aliphatic heterocycles. The molecule has 0 unspecified atom stereocenters. The molecule has 0 amide bonds. The highest BCUT2D eigenvalue weighted by Crippen LogP contribution is 2.68. The van der Waals surface area contributed by atoms with E-state index in [0.717, 1.165) is 57.8 Å². The van der Waals surface area contributed by atoms with Crippen molar-refractivity contribution in [3.05, 3.63) is 71.8 Å². The summed E-state index contributed by atoms with van der Waals surface area (Å²) < 4.78 is 0. The Kier molecular flexibility index (Phi) is 7.48. The van der Waals surface area contributed by atoms with Gasteiger partial charge in [0, 0.05) is 5.92 Å². The molecule has 0 spiro atoms. The second kappa shape index (κ2) is 10.6. The zero-order chi connectivity index (χ0) is 27.4. The fraction of sp³-hybridized carbons (Fsp3) is 0.667. The first kappa shape index (κ1) is 27.5. The van der Waals surface area contributed by atoms with Crippen LogP contribution in [0.25, 0.3) is 0 Å². The predicted octanol–water partition coefficient (Wildman–Crippen LogP) is 7.20. The zero-order valence-electron chi connectivity index (χ0n) is 24.3. The first-order valence-corrected chi connectivity index (χ1v) is 15.9. The number of aliphatic hydroxyl groups excluding tert-OH is 3. The second-order valence-corrected chi connectivity index (χ2v) is 14.5. The number of hydrogen-bond acceptors (Lipinski definition) is 3. The highest BCUT2D eigenvalue weighted by atomic mass is 16.3. The average molecular weight is 531 g/mol. The summed E-state index contributed by atoms with van der Waals surface area (Å²) in [6, 6.07) is 21.9. The molecule has 0 saturated heterocycles. The first-order valence-electron chi connectivity index (χ1n) is 15.9. The van der Waals surface area contributed by atoms with Crippen LogP contribution in [-0.2, 0) is 0 Å². The quantitative estimate of drug-likeness (QED) is 0.370. The minimum absolute atomic E-state index is 0.131. The van der Waals surface area contributed by atoms with E-state index >= 15 is 0 Å². The minimum atomic E-state index is -0.313. The van der Waals surface area contributed by atoms with Gasteiger partial charge in [-0.1, -0.05) is 81.4 Å². The van der Waals surface area contributed by atoms with Crippen molar-refractivity contribution in [3.8, 4) is 0 Å². The van der Waals surface area contributed by atoms with E-state index in [2.05, 4.69) is 81.4 Å². The maximum Gasteiger partial charge on any atom is 0.0602 e. The largest absolute Gasteiger partial charge is 0.393 e. The van der Waals surface area contributed by atoms with E-state index in [9.17, 15) is 15.3 Å². The molecule has 39 heavy (non-hydrogen) atoms. The summed E-state index contributed by atoms with van der Waals surface area (Å²) in [5.41, 5.74) is 2.78. The van der Waals surface area contributed by atoms with Crippen LogP contribution in [0.1, 0.15) is 95.6 Å². The molecule has 4 fully saturated rings. The maximum absolute atomic E-state index is 11.9. The van der Waals surface area contributed by atoms with Crippen LogP contribution in [0.2, 0.25) is 0 Å². The van der Waals surface area contributed by atoms with Crippen molar-refractivity contribution in [2.45, 2.75) is 103 Å². The number of aliphatic hydroxyl groups is 3. The molecule has 0 heterocycles. The molecule has 0 aromatic heterocycles. The standard InChI is InChI=1S/C36H50O3/c1-23(14-15-28(24-10-6-4-7-11-24)25-12-8-5-9-13-25)29-16-17-30-34-31(22-33(39)36(29,30)3)35(2)19-18-27(37)20-26(35)21-32(34)38/h4-13,23,26-34,37-39H,14-22H2,1-3H3/t23-,26+,27-,29-,30+,31+,32+,33+,34+,35-,36-/m0/s1. The third-order valence-electron chi connectivity index (χ3n) is 12.8. The van der Waals surface area contributed by atoms with Crippen LogP contribution in [0, 0.1) is 46.3 Å². The van der Waals surface area contributed by atoms with Gasteiger partial charge in [0.15, 0.2) is 0 Å². The summed E-state index contributed by atoms with van der Waals surface area (Å²) in [7, 11) is 0. The molecule has 0 bridgehead atoms. The lowest BCUT2D eigenvalue weighted by Gasteiger charge is -2.63. The van der Waals surface area contributed by atoms with Crippen LogP contribution < -0.4 is 0 Å². The van der Waals surface area contributed by atoms with Gasteiger partial charge in [0.25, 0.3) is 0 Å². The average Bonchev–Trinajstić information content (AvgIpc) is 3.30. The Morgan fingerprint density at radius 2 is 1.41 bits per heavy atom. The SMILES string of the molecule is C[C@@H](CCC(c1ccccc1)c1ccccc1)[C@@H]1CC[C@@H]2[C@H]3[C@H](O)C[C@H]4C[C@@H](O)CC[C@]4(C)[C@@H]3C[C@@H](O)[C@]21C. The van der Waals surface area contributed by atoms with Crippen molar-refractivity contribution in [2.24, 2.45) is 46.3 Å². The van der Waals surface area contributed by atoms with Crippen LogP contribution in [-0.4, -0.2) is 33.6 Å². The van der Waals surface area contributed by atoms with Crippen LogP contribution >= 0.6 is 0 Å². The lowest BCUT2D eigenvalue weighted by molar-refractivity contribution is -0.207. The van der Waals surface area contributed by atoms with E-state index in [0.29, 0.717) is 35.5 Å². The van der Waals surface area contributed by atoms with Crippen molar-refractivity contribution in [1.29, 1.82) is 0 Å². The fourth-order valence-corrected chi connectivity index (χ4v) is 10.7. The van der Waals surface area contributed by atoms with Gasteiger partial charge in [-0.25, -0.2) is 0 Å². The molecule has 3 N–H and O–H groups in total. The predicted molar refractivity (Wildman–Crippen MR) is 157 cm³/mol. The van der Waals surface area contributed by atoms with Gasteiger partial charge in [0.05, 0.1) is 18.3 Å². The summed E-state index contributed by atoms with van der Waals surface area (Å²) >= 11 is 0. The molecule has 11 atom stereocenters. The molecule has 3 heteroatoms. The molecule has 6 rings (SSSR count). The van der Waals surface area contributed by atoms with Crippen molar-refractivity contribution < 1.29 is 15.3 Å². The van der Waals surface area contributed by atoms with Crippen LogP contribution in [0.3, 0.4) is 0 Å². The molecule has 4 saturated carbocycles. The van der Waals surface area contributed by atoms with Gasteiger partial charge in [-0.3, -0.25) is 0 Å². The number of fused-ring (bicyclic) bond motifs is 5. The van der Waals surface area contributed by atoms with Gasteiger partial charge in [-0.15, -0.1) is 0 Å². The molecule has 2 aromatic rings. The van der Waals surface area contributed by atoms with Gasteiger partial charge in [-0.05, 0) is 115 Å². The van der Waals surface area contributed by atoms with Gasteiger partial charge in [-0.2, -0.15) is 0 Å². The number of benzene rings is 2. The van der Waals surface area contributed by atoms with E-state index in [1.807, 2.05) is 0 Å². The monoisotopic (exact) mass is 530 g/mol. The maximum atomic E-state index is 11.9. The second-order valence-electron chi connectivity index (χ2n) is 14.5. The van der Waals surface area contributed by atoms with E-state index in [-0.39, 0.29) is 35.1 Å². The third kappa shape index (κ3) is 4.61. The summed E-state index contributed by atoms with van der Waals surface area (Å²) in [5, 5.41) is 33.9. The number of rotatable bonds is 6. The van der Waals surface area contributed by atoms with E-state index in [1.165, 1.54) is 11.1 Å². The smallest absolute Gasteiger partial charge is 0.0602 e. The highest BCUT2D eigenvalue weighted by molar-refractivity contribution is 5.32. The summed E-state index contributed by atoms with van der Waals surface area (Å²) in [4.78, 5) is 0. The van der Waals surface area contributed by atoms with Crippen LogP contribution in [0.15, 0.2) is 60.7 Å². The topological polar surface area (TPSA) is 60.7 Å². The Bertz CT molecular complexity index is 1060. The molecule has 4 aliphatic carbocycles. The first-order chi connectivity index (χ1) is 18.7. The van der Waals surface area contributed by atoms with E-state index in [1.54, 1.807) is 0 Å². The molecule has 4 aliphatic rings. The number of hydrogen-bond donors (Lipinski definition) is 3. The summed E-state index contributed by atoms with van der Waals surface area (Å²) in [6.45, 7) is 7.23.